The number of likely N-dealkylation sites (tertiary alicyclic amines) is 1. The quantitative estimate of drug-likeness (QED) is 0.824. The normalized spacial score (nSPS) is 19.9. The van der Waals surface area contributed by atoms with Gasteiger partial charge in [0.15, 0.2) is 0 Å². The number of aromatic amines is 1. The van der Waals surface area contributed by atoms with E-state index in [9.17, 15) is 14.7 Å². The zero-order valence-electron chi connectivity index (χ0n) is 10.6. The fourth-order valence-electron chi connectivity index (χ4n) is 2.44. The Morgan fingerprint density at radius 2 is 2.11 bits per heavy atom. The SMILES string of the molecule is Cc1n[nH]c(C)c1C(=O)N1CCCC[C@@H]1C(=O)O. The van der Waals surface area contributed by atoms with E-state index < -0.39 is 12.0 Å². The monoisotopic (exact) mass is 251 g/mol. The topological polar surface area (TPSA) is 86.3 Å². The summed E-state index contributed by atoms with van der Waals surface area (Å²) in [7, 11) is 0. The second-order valence-electron chi connectivity index (χ2n) is 4.66. The Morgan fingerprint density at radius 1 is 1.39 bits per heavy atom. The molecule has 0 unspecified atom stereocenters. The molecule has 0 spiro atoms. The van der Waals surface area contributed by atoms with Crippen LogP contribution in [0.1, 0.15) is 41.0 Å². The lowest BCUT2D eigenvalue weighted by Gasteiger charge is -2.33. The van der Waals surface area contributed by atoms with Crippen LogP contribution < -0.4 is 0 Å². The number of piperidine rings is 1. The van der Waals surface area contributed by atoms with Gasteiger partial charge in [-0.1, -0.05) is 0 Å². The molecule has 6 nitrogen and oxygen atoms in total. The summed E-state index contributed by atoms with van der Waals surface area (Å²) < 4.78 is 0. The summed E-state index contributed by atoms with van der Waals surface area (Å²) in [4.78, 5) is 25.1. The number of carbonyl (C=O) groups excluding carboxylic acids is 1. The molecule has 1 fully saturated rings. The lowest BCUT2D eigenvalue weighted by Crippen LogP contribution is -2.48. The Balaban J connectivity index is 2.29. The summed E-state index contributed by atoms with van der Waals surface area (Å²) in [5, 5.41) is 15.9. The molecule has 2 heterocycles. The average Bonchev–Trinajstić information content (AvgIpc) is 2.68. The first-order chi connectivity index (χ1) is 8.52. The van der Waals surface area contributed by atoms with E-state index in [2.05, 4.69) is 10.2 Å². The molecule has 0 bridgehead atoms. The summed E-state index contributed by atoms with van der Waals surface area (Å²) >= 11 is 0. The maximum atomic E-state index is 12.4. The van der Waals surface area contributed by atoms with Crippen molar-refractivity contribution in [1.29, 1.82) is 0 Å². The van der Waals surface area contributed by atoms with Crippen LogP contribution in [0.25, 0.3) is 0 Å². The minimum absolute atomic E-state index is 0.231. The third kappa shape index (κ3) is 2.10. The summed E-state index contributed by atoms with van der Waals surface area (Å²) in [5.74, 6) is -1.16. The van der Waals surface area contributed by atoms with E-state index in [1.807, 2.05) is 0 Å². The van der Waals surface area contributed by atoms with Crippen LogP contribution in [-0.4, -0.2) is 44.7 Å². The molecule has 1 amide bonds. The van der Waals surface area contributed by atoms with Crippen LogP contribution in [-0.2, 0) is 4.79 Å². The average molecular weight is 251 g/mol. The van der Waals surface area contributed by atoms with Gasteiger partial charge in [-0.3, -0.25) is 9.89 Å². The third-order valence-electron chi connectivity index (χ3n) is 3.39. The van der Waals surface area contributed by atoms with Crippen molar-refractivity contribution in [2.45, 2.75) is 39.2 Å². The molecule has 0 aromatic carbocycles. The van der Waals surface area contributed by atoms with E-state index in [1.165, 1.54) is 4.90 Å². The zero-order valence-corrected chi connectivity index (χ0v) is 10.6. The predicted molar refractivity (Wildman–Crippen MR) is 64.4 cm³/mol. The molecule has 1 atom stereocenters. The van der Waals surface area contributed by atoms with Crippen molar-refractivity contribution in [2.24, 2.45) is 0 Å². The largest absolute Gasteiger partial charge is 0.480 e. The zero-order chi connectivity index (χ0) is 13.3. The number of amides is 1. The Kier molecular flexibility index (Phi) is 3.36. The standard InChI is InChI=1S/C12H17N3O3/c1-7-10(8(2)14-13-7)11(16)15-6-4-3-5-9(15)12(17)18/h9H,3-6H2,1-2H3,(H,13,14)(H,17,18)/t9-/m1/s1. The minimum atomic E-state index is -0.929. The van der Waals surface area contributed by atoms with Crippen LogP contribution in [0.5, 0.6) is 0 Å². The van der Waals surface area contributed by atoms with Crippen LogP contribution in [0.4, 0.5) is 0 Å². The number of carboxylic acids is 1. The Labute approximate surface area is 105 Å². The summed E-state index contributed by atoms with van der Waals surface area (Å²) in [6.45, 7) is 4.02. The van der Waals surface area contributed by atoms with Crippen molar-refractivity contribution in [1.82, 2.24) is 15.1 Å². The van der Waals surface area contributed by atoms with Crippen LogP contribution in [0.3, 0.4) is 0 Å². The second kappa shape index (κ2) is 4.80. The van der Waals surface area contributed by atoms with E-state index in [0.717, 1.165) is 12.8 Å². The third-order valence-corrected chi connectivity index (χ3v) is 3.39. The van der Waals surface area contributed by atoms with Gasteiger partial charge in [0.05, 0.1) is 11.3 Å². The molecule has 1 aromatic rings. The van der Waals surface area contributed by atoms with Crippen molar-refractivity contribution in [3.8, 4) is 0 Å². The highest BCUT2D eigenvalue weighted by molar-refractivity contribution is 5.98. The fraction of sp³-hybridized carbons (Fsp3) is 0.583. The van der Waals surface area contributed by atoms with E-state index in [-0.39, 0.29) is 5.91 Å². The van der Waals surface area contributed by atoms with Gasteiger partial charge in [-0.25, -0.2) is 4.79 Å². The molecule has 98 valence electrons. The maximum Gasteiger partial charge on any atom is 0.326 e. The molecule has 2 N–H and O–H groups in total. The highest BCUT2D eigenvalue weighted by Gasteiger charge is 2.34. The maximum absolute atomic E-state index is 12.4. The number of carboxylic acid groups (broad SMARTS) is 1. The number of hydrogen-bond acceptors (Lipinski definition) is 3. The van der Waals surface area contributed by atoms with Crippen LogP contribution >= 0.6 is 0 Å². The number of nitrogens with zero attached hydrogens (tertiary/aromatic N) is 2. The van der Waals surface area contributed by atoms with Crippen molar-refractivity contribution >= 4 is 11.9 Å². The summed E-state index contributed by atoms with van der Waals surface area (Å²) in [5.41, 5.74) is 1.81. The number of rotatable bonds is 2. The second-order valence-corrected chi connectivity index (χ2v) is 4.66. The van der Waals surface area contributed by atoms with E-state index >= 15 is 0 Å². The Bertz CT molecular complexity index is 461. The van der Waals surface area contributed by atoms with Gasteiger partial charge in [-0.2, -0.15) is 5.10 Å². The first-order valence-electron chi connectivity index (χ1n) is 6.07. The molecule has 1 aromatic heterocycles. The molecular formula is C12H17N3O3. The number of H-pyrrole nitrogens is 1. The summed E-state index contributed by atoms with van der Waals surface area (Å²) in [6, 6.07) is -0.708. The Hall–Kier alpha value is -1.85. The first kappa shape index (κ1) is 12.6. The van der Waals surface area contributed by atoms with Gasteiger partial charge in [-0.05, 0) is 33.1 Å². The molecule has 1 aliphatic rings. The molecule has 18 heavy (non-hydrogen) atoms. The van der Waals surface area contributed by atoms with Crippen LogP contribution in [0.2, 0.25) is 0 Å². The van der Waals surface area contributed by atoms with Gasteiger partial charge in [0.25, 0.3) is 5.91 Å². The molecule has 1 saturated heterocycles. The molecule has 2 rings (SSSR count). The summed E-state index contributed by atoms with van der Waals surface area (Å²) in [6.07, 6.45) is 2.23. The molecule has 0 aliphatic carbocycles. The highest BCUT2D eigenvalue weighted by Crippen LogP contribution is 2.22. The van der Waals surface area contributed by atoms with Gasteiger partial charge in [0.1, 0.15) is 6.04 Å². The van der Waals surface area contributed by atoms with Gasteiger partial charge < -0.3 is 10.0 Å². The number of aromatic nitrogens is 2. The number of hydrogen-bond donors (Lipinski definition) is 2. The van der Waals surface area contributed by atoms with Crippen LogP contribution in [0.15, 0.2) is 0 Å². The number of aryl methyl sites for hydroxylation is 2. The van der Waals surface area contributed by atoms with E-state index in [0.29, 0.717) is 29.9 Å². The molecule has 0 saturated carbocycles. The van der Waals surface area contributed by atoms with Crippen molar-refractivity contribution in [2.75, 3.05) is 6.54 Å². The number of nitrogens with one attached hydrogen (secondary N) is 1. The minimum Gasteiger partial charge on any atom is -0.480 e. The fourth-order valence-corrected chi connectivity index (χ4v) is 2.44. The van der Waals surface area contributed by atoms with Gasteiger partial charge in [-0.15, -0.1) is 0 Å². The lowest BCUT2D eigenvalue weighted by molar-refractivity contribution is -0.143. The van der Waals surface area contributed by atoms with Crippen LogP contribution in [0, 0.1) is 13.8 Å². The predicted octanol–water partition coefficient (Wildman–Crippen LogP) is 1.11. The van der Waals surface area contributed by atoms with E-state index in [1.54, 1.807) is 13.8 Å². The molecular weight excluding hydrogens is 234 g/mol. The molecule has 6 heteroatoms. The lowest BCUT2D eigenvalue weighted by atomic mass is 10.0. The Morgan fingerprint density at radius 3 is 2.67 bits per heavy atom. The molecule has 1 aliphatic heterocycles. The highest BCUT2D eigenvalue weighted by atomic mass is 16.4. The smallest absolute Gasteiger partial charge is 0.326 e. The van der Waals surface area contributed by atoms with E-state index in [4.69, 9.17) is 0 Å². The first-order valence-corrected chi connectivity index (χ1v) is 6.07. The molecule has 0 radical (unpaired) electrons. The number of aliphatic carboxylic acids is 1. The number of carbonyl (C=O) groups is 2. The van der Waals surface area contributed by atoms with Crippen molar-refractivity contribution in [3.63, 3.8) is 0 Å². The van der Waals surface area contributed by atoms with Gasteiger partial charge in [0.2, 0.25) is 0 Å². The van der Waals surface area contributed by atoms with Gasteiger partial charge >= 0.3 is 5.97 Å². The van der Waals surface area contributed by atoms with Gasteiger partial charge in [0, 0.05) is 12.2 Å². The van der Waals surface area contributed by atoms with Crippen molar-refractivity contribution < 1.29 is 14.7 Å². The van der Waals surface area contributed by atoms with Crippen molar-refractivity contribution in [3.05, 3.63) is 17.0 Å².